The lowest BCUT2D eigenvalue weighted by molar-refractivity contribution is -0.294. The number of allylic oxidation sites excluding steroid dienone is 1. The van der Waals surface area contributed by atoms with Crippen LogP contribution in [-0.4, -0.2) is 74.9 Å². The predicted octanol–water partition coefficient (Wildman–Crippen LogP) is 2.90. The molecular formula is C24H44O8. The van der Waals surface area contributed by atoms with Crippen molar-refractivity contribution in [3.05, 3.63) is 12.2 Å². The van der Waals surface area contributed by atoms with E-state index in [0.717, 1.165) is 12.8 Å². The lowest BCUT2D eigenvalue weighted by Crippen LogP contribution is -2.60. The number of carboxylic acid groups (broad SMARTS) is 1. The zero-order valence-electron chi connectivity index (χ0n) is 19.5. The summed E-state index contributed by atoms with van der Waals surface area (Å²) in [6.45, 7) is 2.24. The van der Waals surface area contributed by atoms with Gasteiger partial charge >= 0.3 is 5.97 Å². The molecule has 0 aromatic heterocycles. The first-order valence-corrected chi connectivity index (χ1v) is 12.3. The Balaban J connectivity index is 2.06. The van der Waals surface area contributed by atoms with Crippen molar-refractivity contribution in [1.29, 1.82) is 0 Å². The second kappa shape index (κ2) is 17.4. The summed E-state index contributed by atoms with van der Waals surface area (Å²) >= 11 is 0. The zero-order valence-corrected chi connectivity index (χ0v) is 19.5. The van der Waals surface area contributed by atoms with Gasteiger partial charge in [-0.2, -0.15) is 0 Å². The minimum absolute atomic E-state index is 0.000825. The fraction of sp³-hybridized carbons (Fsp3) is 0.875. The van der Waals surface area contributed by atoms with Crippen molar-refractivity contribution in [1.82, 2.24) is 0 Å². The maximum atomic E-state index is 11.1. The van der Waals surface area contributed by atoms with Crippen molar-refractivity contribution in [3.8, 4) is 0 Å². The predicted molar refractivity (Wildman–Crippen MR) is 121 cm³/mol. The molecule has 0 spiro atoms. The highest BCUT2D eigenvalue weighted by Gasteiger charge is 2.47. The number of rotatable bonds is 18. The van der Waals surface area contributed by atoms with E-state index in [2.05, 4.69) is 6.92 Å². The van der Waals surface area contributed by atoms with Crippen molar-refractivity contribution in [3.63, 3.8) is 0 Å². The number of hydrogen-bond donors (Lipinski definition) is 5. The smallest absolute Gasteiger partial charge is 0.335 e. The van der Waals surface area contributed by atoms with Crippen LogP contribution in [0.2, 0.25) is 0 Å². The number of unbranched alkanes of at least 4 members (excludes halogenated alkanes) is 11. The fourth-order valence-corrected chi connectivity index (χ4v) is 3.77. The molecule has 0 amide bonds. The van der Waals surface area contributed by atoms with Crippen LogP contribution in [0.5, 0.6) is 0 Å². The van der Waals surface area contributed by atoms with Crippen LogP contribution in [0.25, 0.3) is 0 Å². The first kappa shape index (κ1) is 29.0. The summed E-state index contributed by atoms with van der Waals surface area (Å²) in [5.41, 5.74) is 0. The number of aliphatic carboxylic acids is 1. The van der Waals surface area contributed by atoms with Gasteiger partial charge in [0, 0.05) is 6.42 Å². The molecule has 1 rings (SSSR count). The van der Waals surface area contributed by atoms with Crippen molar-refractivity contribution < 1.29 is 39.8 Å². The lowest BCUT2D eigenvalue weighted by atomic mass is 9.99. The van der Waals surface area contributed by atoms with Gasteiger partial charge in [-0.25, -0.2) is 4.79 Å². The zero-order chi connectivity index (χ0) is 23.8. The Labute approximate surface area is 192 Å². The van der Waals surface area contributed by atoms with Crippen LogP contribution < -0.4 is 0 Å². The maximum Gasteiger partial charge on any atom is 0.335 e. The number of ether oxygens (including phenoxy) is 2. The number of aliphatic hydroxyl groups excluding tert-OH is 4. The molecule has 8 heteroatoms. The van der Waals surface area contributed by atoms with Crippen molar-refractivity contribution in [2.75, 3.05) is 6.61 Å². The second-order valence-electron chi connectivity index (χ2n) is 8.71. The third-order valence-electron chi connectivity index (χ3n) is 5.84. The Morgan fingerprint density at radius 2 is 1.47 bits per heavy atom. The lowest BCUT2D eigenvalue weighted by Gasteiger charge is -2.38. The summed E-state index contributed by atoms with van der Waals surface area (Å²) in [4.78, 5) is 11.1. The van der Waals surface area contributed by atoms with Crippen LogP contribution in [0.1, 0.15) is 90.4 Å². The molecule has 0 radical (unpaired) electrons. The molecule has 1 heterocycles. The molecule has 1 saturated heterocycles. The molecule has 188 valence electrons. The van der Waals surface area contributed by atoms with E-state index in [1.54, 1.807) is 6.08 Å². The molecule has 0 aliphatic carbocycles. The van der Waals surface area contributed by atoms with Crippen LogP contribution in [0, 0.1) is 0 Å². The van der Waals surface area contributed by atoms with Crippen LogP contribution in [-0.2, 0) is 14.3 Å². The normalized spacial score (nSPS) is 27.1. The monoisotopic (exact) mass is 460 g/mol. The van der Waals surface area contributed by atoms with E-state index in [9.17, 15) is 25.2 Å². The summed E-state index contributed by atoms with van der Waals surface area (Å²) in [5, 5.41) is 48.3. The first-order valence-electron chi connectivity index (χ1n) is 12.3. The Morgan fingerprint density at radius 3 is 2.03 bits per heavy atom. The van der Waals surface area contributed by atoms with Gasteiger partial charge in [-0.15, -0.1) is 0 Å². The topological polar surface area (TPSA) is 137 Å². The number of aliphatic hydroxyl groups is 4. The molecule has 5 N–H and O–H groups in total. The van der Waals surface area contributed by atoms with Gasteiger partial charge in [-0.3, -0.25) is 0 Å². The minimum Gasteiger partial charge on any atom is -0.479 e. The van der Waals surface area contributed by atoms with Crippen molar-refractivity contribution in [2.45, 2.75) is 127 Å². The van der Waals surface area contributed by atoms with Crippen LogP contribution in [0.3, 0.4) is 0 Å². The molecule has 0 aromatic carbocycles. The SMILES string of the molecule is CCCCCCCCCCCCC/C=C/[C@@H](O)CCOC1OC(C(=O)O)C(O)C(O)C1O. The van der Waals surface area contributed by atoms with E-state index >= 15 is 0 Å². The molecule has 1 aliphatic rings. The van der Waals surface area contributed by atoms with Crippen molar-refractivity contribution in [2.24, 2.45) is 0 Å². The number of carboxylic acids is 1. The highest BCUT2D eigenvalue weighted by atomic mass is 16.7. The molecular weight excluding hydrogens is 416 g/mol. The number of carbonyl (C=O) groups is 1. The van der Waals surface area contributed by atoms with E-state index in [1.807, 2.05) is 6.08 Å². The summed E-state index contributed by atoms with van der Waals surface area (Å²) in [6.07, 6.45) is 10.2. The Bertz CT molecular complexity index is 512. The van der Waals surface area contributed by atoms with Crippen LogP contribution in [0.4, 0.5) is 0 Å². The average Bonchev–Trinajstić information content (AvgIpc) is 2.76. The Morgan fingerprint density at radius 1 is 0.906 bits per heavy atom. The fourth-order valence-electron chi connectivity index (χ4n) is 3.77. The largest absolute Gasteiger partial charge is 0.479 e. The maximum absolute atomic E-state index is 11.1. The quantitative estimate of drug-likeness (QED) is 0.156. The second-order valence-corrected chi connectivity index (χ2v) is 8.71. The molecule has 8 nitrogen and oxygen atoms in total. The van der Waals surface area contributed by atoms with Gasteiger partial charge in [0.05, 0.1) is 12.7 Å². The van der Waals surface area contributed by atoms with E-state index in [1.165, 1.54) is 64.2 Å². The van der Waals surface area contributed by atoms with Gasteiger partial charge in [0.15, 0.2) is 12.4 Å². The molecule has 5 unspecified atom stereocenters. The van der Waals surface area contributed by atoms with E-state index < -0.39 is 42.8 Å². The summed E-state index contributed by atoms with van der Waals surface area (Å²) < 4.78 is 10.3. The van der Waals surface area contributed by atoms with Gasteiger partial charge in [0.1, 0.15) is 18.3 Å². The Hall–Kier alpha value is -1.03. The molecule has 1 fully saturated rings. The first-order chi connectivity index (χ1) is 15.4. The molecule has 1 aliphatic heterocycles. The number of hydrogen-bond acceptors (Lipinski definition) is 7. The van der Waals surface area contributed by atoms with Gasteiger partial charge in [-0.1, -0.05) is 83.3 Å². The third-order valence-corrected chi connectivity index (χ3v) is 5.84. The van der Waals surface area contributed by atoms with E-state index in [0.29, 0.717) is 0 Å². The highest BCUT2D eigenvalue weighted by molar-refractivity contribution is 5.73. The highest BCUT2D eigenvalue weighted by Crippen LogP contribution is 2.22. The molecule has 0 aromatic rings. The van der Waals surface area contributed by atoms with Crippen molar-refractivity contribution >= 4 is 5.97 Å². The van der Waals surface area contributed by atoms with Gasteiger partial charge in [0.25, 0.3) is 0 Å². The summed E-state index contributed by atoms with van der Waals surface area (Å²) in [6, 6.07) is 0. The summed E-state index contributed by atoms with van der Waals surface area (Å²) in [7, 11) is 0. The van der Waals surface area contributed by atoms with Crippen LogP contribution >= 0.6 is 0 Å². The third kappa shape index (κ3) is 11.7. The Kier molecular flexibility index (Phi) is 15.8. The minimum atomic E-state index is -1.74. The van der Waals surface area contributed by atoms with E-state index in [-0.39, 0.29) is 13.0 Å². The molecule has 0 saturated carbocycles. The average molecular weight is 461 g/mol. The standard InChI is InChI=1S/C24H44O8/c1-2-3-4-5-6-7-8-9-10-11-12-13-14-15-18(25)16-17-31-24-21(28)19(26)20(27)22(32-24)23(29)30/h14-15,18-22,24-28H,2-13,16-17H2,1H3,(H,29,30)/b15-14+/t18-,19?,20?,21?,22?,24?/m1/s1. The van der Waals surface area contributed by atoms with E-state index in [4.69, 9.17) is 14.6 Å². The van der Waals surface area contributed by atoms with Gasteiger partial charge < -0.3 is 35.0 Å². The van der Waals surface area contributed by atoms with Crippen LogP contribution in [0.15, 0.2) is 12.2 Å². The molecule has 0 bridgehead atoms. The molecule has 32 heavy (non-hydrogen) atoms. The summed E-state index contributed by atoms with van der Waals surface area (Å²) in [5.74, 6) is -1.46. The molecule has 6 atom stereocenters. The van der Waals surface area contributed by atoms with Gasteiger partial charge in [-0.05, 0) is 12.8 Å². The van der Waals surface area contributed by atoms with Gasteiger partial charge in [0.2, 0.25) is 0 Å².